The monoisotopic (exact) mass is 329 g/mol. The van der Waals surface area contributed by atoms with Crippen LogP contribution in [-0.2, 0) is 9.53 Å². The second-order valence-corrected chi connectivity index (χ2v) is 7.94. The lowest BCUT2D eigenvalue weighted by Crippen LogP contribution is -2.54. The minimum Gasteiger partial charge on any atom is -0.495 e. The molecule has 1 aromatic rings. The predicted molar refractivity (Wildman–Crippen MR) is 87.5 cm³/mol. The molecule has 0 radical (unpaired) electrons. The molecule has 5 rings (SSSR count). The fourth-order valence-electron chi connectivity index (χ4n) is 6.11. The number of aliphatic hydroxyl groups excluding tert-OH is 1. The fourth-order valence-corrected chi connectivity index (χ4v) is 6.11. The Balaban J connectivity index is 1.72. The quantitative estimate of drug-likeness (QED) is 0.922. The zero-order valence-corrected chi connectivity index (χ0v) is 14.2. The smallest absolute Gasteiger partial charge is 0.233 e. The molecule has 2 aliphatic heterocycles. The van der Waals surface area contributed by atoms with E-state index in [-0.39, 0.29) is 35.7 Å². The molecule has 0 unspecified atom stereocenters. The van der Waals surface area contributed by atoms with E-state index in [0.717, 1.165) is 12.1 Å². The average molecular weight is 329 g/mol. The topological polar surface area (TPSA) is 59.0 Å². The van der Waals surface area contributed by atoms with Gasteiger partial charge in [-0.2, -0.15) is 0 Å². The van der Waals surface area contributed by atoms with Gasteiger partial charge in [0.05, 0.1) is 30.9 Å². The van der Waals surface area contributed by atoms with Crippen molar-refractivity contribution in [1.82, 2.24) is 0 Å². The molecule has 5 heteroatoms. The largest absolute Gasteiger partial charge is 0.495 e. The zero-order valence-electron chi connectivity index (χ0n) is 14.2. The number of anilines is 1. The molecule has 4 aliphatic rings. The summed E-state index contributed by atoms with van der Waals surface area (Å²) in [5, 5.41) is 10.6. The Hall–Kier alpha value is -1.59. The fraction of sp³-hybridized carbons (Fsp3) is 0.632. The number of methoxy groups -OCH3 is 1. The molecule has 2 aliphatic carbocycles. The molecular weight excluding hydrogens is 306 g/mol. The molecule has 7 atom stereocenters. The number of hydrogen-bond acceptors (Lipinski definition) is 4. The average Bonchev–Trinajstić information content (AvgIpc) is 3.23. The van der Waals surface area contributed by atoms with Crippen molar-refractivity contribution >= 4 is 11.6 Å². The van der Waals surface area contributed by atoms with Crippen molar-refractivity contribution in [3.8, 4) is 5.75 Å². The van der Waals surface area contributed by atoms with Crippen LogP contribution in [0.2, 0.25) is 0 Å². The van der Waals surface area contributed by atoms with Crippen LogP contribution in [0, 0.1) is 29.6 Å². The summed E-state index contributed by atoms with van der Waals surface area (Å²) in [5.41, 5.74) is 0.112. The van der Waals surface area contributed by atoms with Crippen molar-refractivity contribution in [1.29, 1.82) is 0 Å². The number of benzene rings is 1. The predicted octanol–water partition coefficient (Wildman–Crippen LogP) is 2.04. The molecular formula is C19H23NO4. The molecule has 24 heavy (non-hydrogen) atoms. The Labute approximate surface area is 141 Å². The van der Waals surface area contributed by atoms with Crippen LogP contribution in [-0.4, -0.2) is 36.1 Å². The summed E-state index contributed by atoms with van der Waals surface area (Å²) >= 11 is 0. The molecule has 2 saturated carbocycles. The number of para-hydroxylation sites is 2. The molecule has 128 valence electrons. The number of fused-ring (bicyclic) bond motifs is 2. The lowest BCUT2D eigenvalue weighted by atomic mass is 9.74. The molecule has 1 N–H and O–H groups in total. The van der Waals surface area contributed by atoms with E-state index in [1.807, 2.05) is 29.2 Å². The van der Waals surface area contributed by atoms with Crippen molar-refractivity contribution in [2.24, 2.45) is 29.6 Å². The van der Waals surface area contributed by atoms with Gasteiger partial charge in [0, 0.05) is 11.8 Å². The van der Waals surface area contributed by atoms with Gasteiger partial charge in [0.25, 0.3) is 0 Å². The molecule has 0 aromatic heterocycles. The van der Waals surface area contributed by atoms with Gasteiger partial charge in [-0.3, -0.25) is 9.69 Å². The van der Waals surface area contributed by atoms with E-state index in [0.29, 0.717) is 11.7 Å². The van der Waals surface area contributed by atoms with Crippen molar-refractivity contribution in [2.45, 2.75) is 38.2 Å². The summed E-state index contributed by atoms with van der Waals surface area (Å²) in [5.74, 6) is 1.29. The van der Waals surface area contributed by atoms with Crippen LogP contribution in [0.25, 0.3) is 0 Å². The summed E-state index contributed by atoms with van der Waals surface area (Å²) in [6.45, 7) is 4.23. The second kappa shape index (κ2) is 4.52. The van der Waals surface area contributed by atoms with E-state index in [2.05, 4.69) is 13.8 Å². The van der Waals surface area contributed by atoms with Crippen LogP contribution >= 0.6 is 0 Å². The van der Waals surface area contributed by atoms with Gasteiger partial charge in [0.15, 0.2) is 5.72 Å². The van der Waals surface area contributed by atoms with E-state index in [9.17, 15) is 9.90 Å². The van der Waals surface area contributed by atoms with Crippen molar-refractivity contribution in [3.63, 3.8) is 0 Å². The van der Waals surface area contributed by atoms with E-state index in [1.165, 1.54) is 0 Å². The number of carbonyl (C=O) groups excluding carboxylic acids is 1. The Kier molecular flexibility index (Phi) is 2.78. The summed E-state index contributed by atoms with van der Waals surface area (Å²) < 4.78 is 12.0. The van der Waals surface area contributed by atoms with Crippen molar-refractivity contribution in [3.05, 3.63) is 24.3 Å². The summed E-state index contributed by atoms with van der Waals surface area (Å²) in [6, 6.07) is 7.65. The zero-order chi connectivity index (χ0) is 16.8. The lowest BCUT2D eigenvalue weighted by molar-refractivity contribution is -0.136. The van der Waals surface area contributed by atoms with Crippen LogP contribution < -0.4 is 9.64 Å². The van der Waals surface area contributed by atoms with Crippen molar-refractivity contribution in [2.75, 3.05) is 12.0 Å². The number of rotatable bonds is 3. The highest BCUT2D eigenvalue weighted by molar-refractivity contribution is 6.01. The first-order valence-corrected chi connectivity index (χ1v) is 8.85. The van der Waals surface area contributed by atoms with E-state index in [4.69, 9.17) is 9.47 Å². The third-order valence-corrected chi connectivity index (χ3v) is 6.86. The maximum atomic E-state index is 13.4. The third kappa shape index (κ3) is 1.39. The van der Waals surface area contributed by atoms with Gasteiger partial charge in [0.2, 0.25) is 5.91 Å². The van der Waals surface area contributed by atoms with Crippen LogP contribution in [0.5, 0.6) is 5.75 Å². The number of carbonyl (C=O) groups is 1. The highest BCUT2D eigenvalue weighted by Gasteiger charge is 2.79. The minimum absolute atomic E-state index is 0.0397. The van der Waals surface area contributed by atoms with E-state index in [1.54, 1.807) is 7.11 Å². The maximum absolute atomic E-state index is 13.4. The van der Waals surface area contributed by atoms with Crippen LogP contribution in [0.3, 0.4) is 0 Å². The molecule has 1 amide bonds. The van der Waals surface area contributed by atoms with Gasteiger partial charge in [-0.1, -0.05) is 26.0 Å². The normalized spacial score (nSPS) is 44.9. The number of ether oxygens (including phenoxy) is 2. The van der Waals surface area contributed by atoms with E-state index >= 15 is 0 Å². The van der Waals surface area contributed by atoms with Gasteiger partial charge in [0.1, 0.15) is 5.75 Å². The maximum Gasteiger partial charge on any atom is 0.233 e. The van der Waals surface area contributed by atoms with Crippen LogP contribution in [0.4, 0.5) is 5.69 Å². The van der Waals surface area contributed by atoms with E-state index < -0.39 is 11.8 Å². The molecule has 5 nitrogen and oxygen atoms in total. The Bertz CT molecular complexity index is 719. The summed E-state index contributed by atoms with van der Waals surface area (Å²) in [6.07, 6.45) is 0.283. The second-order valence-electron chi connectivity index (χ2n) is 7.94. The Morgan fingerprint density at radius 1 is 1.33 bits per heavy atom. The number of amides is 1. The van der Waals surface area contributed by atoms with Gasteiger partial charge < -0.3 is 14.6 Å². The molecule has 2 heterocycles. The lowest BCUT2D eigenvalue weighted by Gasteiger charge is -2.42. The molecule has 2 bridgehead atoms. The first kappa shape index (κ1) is 14.7. The van der Waals surface area contributed by atoms with Gasteiger partial charge in [-0.25, -0.2) is 0 Å². The first-order chi connectivity index (χ1) is 11.5. The standard InChI is InChI=1S/C19H23NO4/c1-9(2)19-15-11-8-10(16(21)17(11)24-19)14(15)18(22)20(19)12-6-4-5-7-13(12)23-3/h4-7,9-11,14-17,21H,8H2,1-3H3/t10-,11-,14-,15+,16-,17+,19-/m1/s1. The van der Waals surface area contributed by atoms with Crippen molar-refractivity contribution < 1.29 is 19.4 Å². The summed E-state index contributed by atoms with van der Waals surface area (Å²) in [7, 11) is 1.63. The highest BCUT2D eigenvalue weighted by Crippen LogP contribution is 2.69. The Morgan fingerprint density at radius 3 is 2.79 bits per heavy atom. The molecule has 4 fully saturated rings. The SMILES string of the molecule is COc1ccccc1N1C(=O)[C@@H]2[C@H]3C[C@H]4[C@H](O[C@]1(C(C)C)[C@@H]42)[C@@H]3O. The first-order valence-electron chi connectivity index (χ1n) is 8.85. The Morgan fingerprint density at radius 2 is 2.08 bits per heavy atom. The van der Waals surface area contributed by atoms with Crippen LogP contribution in [0.15, 0.2) is 24.3 Å². The molecule has 1 aromatic carbocycles. The number of aliphatic hydroxyl groups is 1. The van der Waals surface area contributed by atoms with Gasteiger partial charge in [-0.15, -0.1) is 0 Å². The molecule has 2 saturated heterocycles. The highest BCUT2D eigenvalue weighted by atomic mass is 16.6. The van der Waals surface area contributed by atoms with Gasteiger partial charge in [-0.05, 0) is 30.4 Å². The summed E-state index contributed by atoms with van der Waals surface area (Å²) in [4.78, 5) is 15.3. The molecule has 0 spiro atoms. The number of nitrogens with zero attached hydrogens (tertiary/aromatic N) is 1. The minimum atomic E-state index is -0.669. The van der Waals surface area contributed by atoms with Gasteiger partial charge >= 0.3 is 0 Å². The van der Waals surface area contributed by atoms with Crippen LogP contribution in [0.1, 0.15) is 20.3 Å². The number of hydrogen-bond donors (Lipinski definition) is 1. The third-order valence-electron chi connectivity index (χ3n) is 6.86.